The first-order valence-corrected chi connectivity index (χ1v) is 13.3. The van der Waals surface area contributed by atoms with Crippen molar-refractivity contribution in [3.05, 3.63) is 60.0 Å². The van der Waals surface area contributed by atoms with Crippen LogP contribution in [0.3, 0.4) is 0 Å². The maximum atomic E-state index is 13.3. The summed E-state index contributed by atoms with van der Waals surface area (Å²) in [5.41, 5.74) is 1.71. The van der Waals surface area contributed by atoms with Crippen molar-refractivity contribution in [2.75, 3.05) is 13.1 Å². The number of benzene rings is 2. The van der Waals surface area contributed by atoms with Crippen LogP contribution in [0.15, 0.2) is 48.7 Å². The molecule has 0 bridgehead atoms. The van der Waals surface area contributed by atoms with E-state index in [-0.39, 0.29) is 18.3 Å². The Labute approximate surface area is 234 Å². The molecule has 2 aromatic carbocycles. The Hall–Kier alpha value is -4.08. The highest BCUT2D eigenvalue weighted by Gasteiger charge is 2.21. The monoisotopic (exact) mass is 554 g/mol. The fraction of sp³-hybridized carbons (Fsp3) is 0.433. The van der Waals surface area contributed by atoms with E-state index >= 15 is 0 Å². The molecule has 0 saturated carbocycles. The van der Waals surface area contributed by atoms with Crippen molar-refractivity contribution in [2.45, 2.75) is 71.6 Å². The van der Waals surface area contributed by atoms with E-state index in [0.29, 0.717) is 24.9 Å². The maximum absolute atomic E-state index is 13.3. The van der Waals surface area contributed by atoms with Crippen molar-refractivity contribution in [3.63, 3.8) is 0 Å². The Morgan fingerprint density at radius 3 is 2.15 bits per heavy atom. The zero-order chi connectivity index (χ0) is 29.5. The second kappa shape index (κ2) is 12.8. The lowest BCUT2D eigenvalue weighted by Crippen LogP contribution is -2.45. The van der Waals surface area contributed by atoms with Gasteiger partial charge < -0.3 is 30.4 Å². The number of fused-ring (bicyclic) bond motifs is 1. The van der Waals surface area contributed by atoms with Crippen LogP contribution in [0.4, 0.5) is 14.0 Å². The first-order valence-electron chi connectivity index (χ1n) is 13.3. The topological polar surface area (TPSA) is 122 Å². The van der Waals surface area contributed by atoms with Crippen LogP contribution in [-0.4, -0.2) is 53.4 Å². The predicted octanol–water partition coefficient (Wildman–Crippen LogP) is 5.90. The quantitative estimate of drug-likeness (QED) is 0.245. The number of aromatic nitrogens is 1. The predicted molar refractivity (Wildman–Crippen MR) is 153 cm³/mol. The molecule has 40 heavy (non-hydrogen) atoms. The van der Waals surface area contributed by atoms with Gasteiger partial charge in [0.15, 0.2) is 0 Å². The summed E-state index contributed by atoms with van der Waals surface area (Å²) in [4.78, 5) is 40.6. The normalized spacial score (nSPS) is 12.5. The highest BCUT2D eigenvalue weighted by molar-refractivity contribution is 6.07. The number of ether oxygens (including phenoxy) is 2. The number of H-pyrrole nitrogens is 1. The number of alkyl carbamates (subject to hydrolysis) is 2. The largest absolute Gasteiger partial charge is 0.444 e. The van der Waals surface area contributed by atoms with E-state index in [2.05, 4.69) is 20.9 Å². The highest BCUT2D eigenvalue weighted by atomic mass is 19.1. The first kappa shape index (κ1) is 30.5. The van der Waals surface area contributed by atoms with E-state index in [1.807, 2.05) is 18.2 Å². The molecule has 0 saturated heterocycles. The van der Waals surface area contributed by atoms with E-state index in [4.69, 9.17) is 9.47 Å². The standard InChI is InChI=1S/C30H39FN4O5/c1-29(2,3)39-27(37)32-15-7-8-22(35-28(38)40-30(4,5)6)17-34-26(36)24-18-33-25-16-20(11-14-23(24)25)19-9-12-21(31)13-10-19/h9-14,16,18,22,33H,7-8,15,17H2,1-6H3,(H,32,37)(H,34,36)(H,35,38)/t22-/m0/s1. The molecule has 0 spiro atoms. The molecule has 3 amide bonds. The smallest absolute Gasteiger partial charge is 0.407 e. The number of rotatable bonds is 9. The average Bonchev–Trinajstić information content (AvgIpc) is 3.26. The lowest BCUT2D eigenvalue weighted by molar-refractivity contribution is 0.0487. The molecule has 4 N–H and O–H groups in total. The Bertz CT molecular complexity index is 1320. The summed E-state index contributed by atoms with van der Waals surface area (Å²) in [7, 11) is 0. The molecule has 3 rings (SSSR count). The summed E-state index contributed by atoms with van der Waals surface area (Å²) in [6, 6.07) is 11.4. The van der Waals surface area contributed by atoms with Gasteiger partial charge in [-0.3, -0.25) is 4.79 Å². The van der Waals surface area contributed by atoms with E-state index < -0.39 is 29.4 Å². The molecule has 1 aromatic heterocycles. The van der Waals surface area contributed by atoms with Gasteiger partial charge in [0.05, 0.1) is 5.56 Å². The van der Waals surface area contributed by atoms with Gasteiger partial charge in [0.25, 0.3) is 5.91 Å². The van der Waals surface area contributed by atoms with E-state index in [1.165, 1.54) is 12.1 Å². The Balaban J connectivity index is 1.63. The third-order valence-electron chi connectivity index (χ3n) is 5.73. The van der Waals surface area contributed by atoms with Gasteiger partial charge in [0.1, 0.15) is 17.0 Å². The van der Waals surface area contributed by atoms with Gasteiger partial charge >= 0.3 is 12.2 Å². The molecule has 9 nitrogen and oxygen atoms in total. The summed E-state index contributed by atoms with van der Waals surface area (Å²) >= 11 is 0. The second-order valence-electron chi connectivity index (χ2n) is 11.6. The van der Waals surface area contributed by atoms with Gasteiger partial charge in [-0.05, 0) is 83.7 Å². The lowest BCUT2D eigenvalue weighted by Gasteiger charge is -2.24. The van der Waals surface area contributed by atoms with Crippen molar-refractivity contribution < 1.29 is 28.2 Å². The number of hydrogen-bond acceptors (Lipinski definition) is 5. The molecular weight excluding hydrogens is 515 g/mol. The van der Waals surface area contributed by atoms with E-state index in [9.17, 15) is 18.8 Å². The van der Waals surface area contributed by atoms with E-state index in [1.54, 1.807) is 59.9 Å². The first-order chi connectivity index (χ1) is 18.7. The second-order valence-corrected chi connectivity index (χ2v) is 11.6. The van der Waals surface area contributed by atoms with Crippen LogP contribution < -0.4 is 16.0 Å². The Kier molecular flexibility index (Phi) is 9.78. The molecule has 1 heterocycles. The van der Waals surface area contributed by atoms with Crippen LogP contribution in [0.1, 0.15) is 64.7 Å². The number of halogens is 1. The molecular formula is C30H39FN4O5. The Morgan fingerprint density at radius 2 is 1.50 bits per heavy atom. The van der Waals surface area contributed by atoms with Crippen molar-refractivity contribution >= 4 is 29.0 Å². The van der Waals surface area contributed by atoms with Crippen LogP contribution in [0.5, 0.6) is 0 Å². The number of carbonyl (C=O) groups is 3. The van der Waals surface area contributed by atoms with Crippen LogP contribution in [0, 0.1) is 5.82 Å². The molecule has 0 aliphatic rings. The van der Waals surface area contributed by atoms with Crippen LogP contribution >= 0.6 is 0 Å². The van der Waals surface area contributed by atoms with Gasteiger partial charge in [-0.15, -0.1) is 0 Å². The molecule has 216 valence electrons. The fourth-order valence-corrected chi connectivity index (χ4v) is 4.00. The summed E-state index contributed by atoms with van der Waals surface area (Å²) in [6.45, 7) is 11.2. The summed E-state index contributed by atoms with van der Waals surface area (Å²) in [5.74, 6) is -0.605. The van der Waals surface area contributed by atoms with Crippen molar-refractivity contribution in [3.8, 4) is 11.1 Å². The van der Waals surface area contributed by atoms with E-state index in [0.717, 1.165) is 22.0 Å². The molecule has 0 aliphatic heterocycles. The van der Waals surface area contributed by atoms with Gasteiger partial charge in [-0.1, -0.05) is 24.3 Å². The molecule has 10 heteroatoms. The summed E-state index contributed by atoms with van der Waals surface area (Å²) in [6.07, 6.45) is 1.54. The van der Waals surface area contributed by atoms with Crippen molar-refractivity contribution in [2.24, 2.45) is 0 Å². The molecule has 0 unspecified atom stereocenters. The van der Waals surface area contributed by atoms with Crippen LogP contribution in [0.25, 0.3) is 22.0 Å². The molecule has 3 aromatic rings. The lowest BCUT2D eigenvalue weighted by atomic mass is 10.0. The number of amides is 3. The SMILES string of the molecule is CC(C)(C)OC(=O)NCCC[C@@H](CNC(=O)c1c[nH]c2cc(-c3ccc(F)cc3)ccc12)NC(=O)OC(C)(C)C. The van der Waals surface area contributed by atoms with Crippen molar-refractivity contribution in [1.82, 2.24) is 20.9 Å². The molecule has 0 fully saturated rings. The number of nitrogens with one attached hydrogen (secondary N) is 4. The minimum absolute atomic E-state index is 0.158. The number of aromatic amines is 1. The van der Waals surface area contributed by atoms with Gasteiger partial charge in [-0.2, -0.15) is 0 Å². The third-order valence-corrected chi connectivity index (χ3v) is 5.73. The van der Waals surface area contributed by atoms with Crippen LogP contribution in [-0.2, 0) is 9.47 Å². The summed E-state index contributed by atoms with van der Waals surface area (Å²) < 4.78 is 23.9. The maximum Gasteiger partial charge on any atom is 0.407 e. The average molecular weight is 555 g/mol. The Morgan fingerprint density at radius 1 is 0.875 bits per heavy atom. The number of carbonyl (C=O) groups excluding carboxylic acids is 3. The van der Waals surface area contributed by atoms with Crippen molar-refractivity contribution in [1.29, 1.82) is 0 Å². The fourth-order valence-electron chi connectivity index (χ4n) is 4.00. The zero-order valence-corrected chi connectivity index (χ0v) is 23.9. The zero-order valence-electron chi connectivity index (χ0n) is 23.9. The minimum Gasteiger partial charge on any atom is -0.444 e. The van der Waals surface area contributed by atoms with Gasteiger partial charge in [-0.25, -0.2) is 14.0 Å². The minimum atomic E-state index is -0.674. The van der Waals surface area contributed by atoms with Gasteiger partial charge in [0, 0.05) is 36.2 Å². The third kappa shape index (κ3) is 9.59. The van der Waals surface area contributed by atoms with Gasteiger partial charge in [0.2, 0.25) is 0 Å². The molecule has 1 atom stereocenters. The highest BCUT2D eigenvalue weighted by Crippen LogP contribution is 2.26. The summed E-state index contributed by atoms with van der Waals surface area (Å²) in [5, 5.41) is 9.14. The molecule has 0 aliphatic carbocycles. The molecule has 0 radical (unpaired) electrons. The van der Waals surface area contributed by atoms with Crippen LogP contribution in [0.2, 0.25) is 0 Å². The number of hydrogen-bond donors (Lipinski definition) is 4.